The van der Waals surface area contributed by atoms with Gasteiger partial charge in [0.05, 0.1) is 0 Å². The van der Waals surface area contributed by atoms with Gasteiger partial charge in [-0.25, -0.2) is 0 Å². The number of hydrogen-bond donors (Lipinski definition) is 0. The van der Waals surface area contributed by atoms with Crippen molar-refractivity contribution in [2.75, 3.05) is 0 Å². The molecule has 1 atom stereocenters. The molecule has 1 aliphatic carbocycles. The number of carbonyl (C=O) groups is 1. The lowest BCUT2D eigenvalue weighted by atomic mass is 10.1. The van der Waals surface area contributed by atoms with Gasteiger partial charge in [-0.3, -0.25) is 4.79 Å². The Hall–Kier alpha value is -2.03. The molecule has 0 aromatic heterocycles. The number of ketones is 1. The zero-order valence-corrected chi connectivity index (χ0v) is 7.84. The lowest BCUT2D eigenvalue weighted by molar-refractivity contribution is -0.121. The molecule has 0 saturated carbocycles. The Labute approximate surface area is 86.6 Å². The Morgan fingerprint density at radius 1 is 1.13 bits per heavy atom. The van der Waals surface area contributed by atoms with E-state index in [9.17, 15) is 4.79 Å². The number of benzene rings is 1. The third-order valence-corrected chi connectivity index (χ3v) is 2.36. The summed E-state index contributed by atoms with van der Waals surface area (Å²) in [4.78, 5) is 11.5. The molecule has 15 heavy (non-hydrogen) atoms. The molecule has 0 fully saturated rings. The normalized spacial score (nSPS) is 22.0. The zero-order chi connectivity index (χ0) is 10.3. The topological polar surface area (TPSA) is 35.5 Å². The van der Waals surface area contributed by atoms with Gasteiger partial charge in [0.15, 0.2) is 17.3 Å². The molecule has 1 aromatic carbocycles. The largest absolute Gasteiger partial charge is 0.470 e. The molecule has 1 aliphatic heterocycles. The van der Waals surface area contributed by atoms with Gasteiger partial charge >= 0.3 is 0 Å². The van der Waals surface area contributed by atoms with Crippen LogP contribution >= 0.6 is 0 Å². The third-order valence-electron chi connectivity index (χ3n) is 2.36. The Morgan fingerprint density at radius 3 is 2.80 bits per heavy atom. The van der Waals surface area contributed by atoms with Crippen molar-refractivity contribution in [3.05, 3.63) is 48.3 Å². The van der Waals surface area contributed by atoms with Crippen LogP contribution in [0.2, 0.25) is 0 Å². The quantitative estimate of drug-likeness (QED) is 0.641. The molecule has 0 bridgehead atoms. The molecule has 0 radical (unpaired) electrons. The first kappa shape index (κ1) is 8.29. The molecule has 0 amide bonds. The summed E-state index contributed by atoms with van der Waals surface area (Å²) in [5.74, 6) is 1.75. The van der Waals surface area contributed by atoms with E-state index in [0.717, 1.165) is 0 Å². The van der Waals surface area contributed by atoms with Crippen LogP contribution in [0.15, 0.2) is 48.3 Å². The minimum atomic E-state index is -0.607. The van der Waals surface area contributed by atoms with Crippen molar-refractivity contribution >= 4 is 5.78 Å². The summed E-state index contributed by atoms with van der Waals surface area (Å²) in [6, 6.07) is 7.32. The van der Waals surface area contributed by atoms with E-state index < -0.39 is 6.10 Å². The van der Waals surface area contributed by atoms with E-state index in [1.54, 1.807) is 18.2 Å². The third kappa shape index (κ3) is 1.24. The van der Waals surface area contributed by atoms with Gasteiger partial charge in [-0.15, -0.1) is 0 Å². The van der Waals surface area contributed by atoms with Crippen LogP contribution in [0.5, 0.6) is 11.5 Å². The zero-order valence-electron chi connectivity index (χ0n) is 7.84. The molecular weight excluding hydrogens is 192 g/mol. The number of carbonyl (C=O) groups excluding carboxylic acids is 1. The van der Waals surface area contributed by atoms with Gasteiger partial charge in [0.25, 0.3) is 0 Å². The summed E-state index contributed by atoms with van der Waals surface area (Å²) in [5.41, 5.74) is 0. The molecule has 0 spiro atoms. The lowest BCUT2D eigenvalue weighted by Gasteiger charge is -2.27. The summed E-state index contributed by atoms with van der Waals surface area (Å²) >= 11 is 0. The van der Waals surface area contributed by atoms with Crippen LogP contribution in [-0.4, -0.2) is 11.9 Å². The molecule has 3 rings (SSSR count). The van der Waals surface area contributed by atoms with Gasteiger partial charge in [-0.05, 0) is 24.3 Å². The first-order valence-electron chi connectivity index (χ1n) is 4.70. The average Bonchev–Trinajstić information content (AvgIpc) is 2.27. The van der Waals surface area contributed by atoms with E-state index in [1.807, 2.05) is 18.2 Å². The van der Waals surface area contributed by atoms with Gasteiger partial charge in [-0.1, -0.05) is 18.2 Å². The second kappa shape index (κ2) is 2.98. The van der Waals surface area contributed by atoms with Crippen LogP contribution in [-0.2, 0) is 4.79 Å². The minimum absolute atomic E-state index is 0.0815. The minimum Gasteiger partial charge on any atom is -0.470 e. The molecule has 0 N–H and O–H groups in total. The predicted molar refractivity (Wildman–Crippen MR) is 53.7 cm³/mol. The second-order valence-electron chi connectivity index (χ2n) is 3.38. The Bertz CT molecular complexity index is 485. The van der Waals surface area contributed by atoms with E-state index in [2.05, 4.69) is 0 Å². The maximum atomic E-state index is 11.5. The van der Waals surface area contributed by atoms with Gasteiger partial charge in [0.1, 0.15) is 0 Å². The molecule has 1 unspecified atom stereocenters. The van der Waals surface area contributed by atoms with Crippen molar-refractivity contribution in [1.29, 1.82) is 0 Å². The van der Waals surface area contributed by atoms with Crippen molar-refractivity contribution in [3.63, 3.8) is 0 Å². The summed E-state index contributed by atoms with van der Waals surface area (Å²) in [6.07, 6.45) is 4.31. The molecule has 2 aliphatic rings. The fourth-order valence-corrected chi connectivity index (χ4v) is 1.64. The highest BCUT2D eigenvalue weighted by Crippen LogP contribution is 2.36. The first-order chi connectivity index (χ1) is 7.34. The highest BCUT2D eigenvalue weighted by Gasteiger charge is 2.32. The lowest BCUT2D eigenvalue weighted by Crippen LogP contribution is -2.35. The van der Waals surface area contributed by atoms with Crippen molar-refractivity contribution in [1.82, 2.24) is 0 Å². The molecule has 1 aromatic rings. The van der Waals surface area contributed by atoms with E-state index in [1.165, 1.54) is 6.08 Å². The smallest absolute Gasteiger partial charge is 0.218 e. The van der Waals surface area contributed by atoms with Crippen molar-refractivity contribution in [3.8, 4) is 11.5 Å². The van der Waals surface area contributed by atoms with Crippen LogP contribution in [0.4, 0.5) is 0 Å². The van der Waals surface area contributed by atoms with Gasteiger partial charge in [0.2, 0.25) is 11.9 Å². The molecule has 0 saturated heterocycles. The van der Waals surface area contributed by atoms with E-state index in [0.29, 0.717) is 17.3 Å². The van der Waals surface area contributed by atoms with E-state index >= 15 is 0 Å². The molecular formula is C12H8O3. The first-order valence-corrected chi connectivity index (χ1v) is 4.70. The van der Waals surface area contributed by atoms with Crippen LogP contribution in [0.25, 0.3) is 0 Å². The number of allylic oxidation sites excluding steroid dienone is 2. The van der Waals surface area contributed by atoms with E-state index in [4.69, 9.17) is 9.47 Å². The molecule has 74 valence electrons. The number of ether oxygens (including phenoxy) is 2. The van der Waals surface area contributed by atoms with Gasteiger partial charge < -0.3 is 9.47 Å². The highest BCUT2D eigenvalue weighted by atomic mass is 16.6. The number of rotatable bonds is 0. The molecule has 3 nitrogen and oxygen atoms in total. The van der Waals surface area contributed by atoms with Crippen LogP contribution in [0.1, 0.15) is 0 Å². The Balaban J connectivity index is 2.06. The fourth-order valence-electron chi connectivity index (χ4n) is 1.64. The average molecular weight is 200 g/mol. The van der Waals surface area contributed by atoms with Gasteiger partial charge in [0, 0.05) is 0 Å². The number of para-hydroxylation sites is 2. The monoisotopic (exact) mass is 200 g/mol. The summed E-state index contributed by atoms with van der Waals surface area (Å²) in [6.45, 7) is 0. The van der Waals surface area contributed by atoms with Crippen molar-refractivity contribution in [2.45, 2.75) is 6.10 Å². The molecule has 3 heteroatoms. The number of fused-ring (bicyclic) bond motifs is 2. The predicted octanol–water partition coefficient (Wildman–Crippen LogP) is 1.85. The summed E-state index contributed by atoms with van der Waals surface area (Å²) in [5, 5.41) is 0. The number of hydrogen-bond acceptors (Lipinski definition) is 3. The van der Waals surface area contributed by atoms with E-state index in [-0.39, 0.29) is 5.78 Å². The maximum absolute atomic E-state index is 11.5. The second-order valence-corrected chi connectivity index (χ2v) is 3.38. The van der Waals surface area contributed by atoms with Crippen molar-refractivity contribution in [2.24, 2.45) is 0 Å². The summed E-state index contributed by atoms with van der Waals surface area (Å²) in [7, 11) is 0. The van der Waals surface area contributed by atoms with Gasteiger partial charge in [-0.2, -0.15) is 0 Å². The SMILES string of the molecule is O=C1C=CC=C2Oc3ccccc3OC12. The standard InChI is InChI=1S/C12H8O3/c13-8-4-3-7-11-12(8)15-10-6-2-1-5-9(10)14-11/h1-7,12H. The van der Waals surface area contributed by atoms with Crippen molar-refractivity contribution < 1.29 is 14.3 Å². The fraction of sp³-hybridized carbons (Fsp3) is 0.0833. The highest BCUT2D eigenvalue weighted by molar-refractivity contribution is 5.97. The Morgan fingerprint density at radius 2 is 1.93 bits per heavy atom. The van der Waals surface area contributed by atoms with Crippen LogP contribution < -0.4 is 9.47 Å². The summed E-state index contributed by atoms with van der Waals surface area (Å²) < 4.78 is 11.1. The molecule has 1 heterocycles. The Kier molecular flexibility index (Phi) is 1.65. The van der Waals surface area contributed by atoms with Crippen LogP contribution in [0.3, 0.4) is 0 Å². The van der Waals surface area contributed by atoms with Crippen LogP contribution in [0, 0.1) is 0 Å². The maximum Gasteiger partial charge on any atom is 0.218 e.